The Bertz CT molecular complexity index is 2720. The molecule has 0 amide bonds. The molecule has 0 bridgehead atoms. The molecule has 0 radical (unpaired) electrons. The molecule has 6 heteroatoms. The summed E-state index contributed by atoms with van der Waals surface area (Å²) in [5, 5.41) is 1.97. The van der Waals surface area contributed by atoms with E-state index < -0.39 is 0 Å². The highest BCUT2D eigenvalue weighted by Crippen LogP contribution is 2.43. The second kappa shape index (κ2) is 11.4. The lowest BCUT2D eigenvalue weighted by Crippen LogP contribution is -2.08. The monoisotopic (exact) mass is 640 g/mol. The fourth-order valence-electron chi connectivity index (χ4n) is 7.25. The number of hydrogen-bond acceptors (Lipinski definition) is 5. The van der Waals surface area contributed by atoms with Gasteiger partial charge in [-0.3, -0.25) is 4.57 Å². The molecule has 0 saturated carbocycles. The topological polar surface area (TPSA) is 69.4 Å². The SMILES string of the molecule is c1ccc(-c2nc(-c3cccc4c3-c3ccccc3C4)nc(-n3c4ccccc4c4c(-c5ccccc5)nc(-c5ccccc5)nc43)n2)cc1. The summed E-state index contributed by atoms with van der Waals surface area (Å²) in [5.74, 6) is 2.35. The van der Waals surface area contributed by atoms with Gasteiger partial charge >= 0.3 is 0 Å². The number of aromatic nitrogens is 6. The highest BCUT2D eigenvalue weighted by atomic mass is 15.2. The van der Waals surface area contributed by atoms with Crippen molar-refractivity contribution < 1.29 is 0 Å². The van der Waals surface area contributed by atoms with Crippen LogP contribution in [0.3, 0.4) is 0 Å². The van der Waals surface area contributed by atoms with Crippen molar-refractivity contribution >= 4 is 21.9 Å². The molecule has 0 unspecified atom stereocenters. The van der Waals surface area contributed by atoms with Gasteiger partial charge in [0.1, 0.15) is 0 Å². The molecule has 3 heterocycles. The third-order valence-electron chi connectivity index (χ3n) is 9.51. The zero-order valence-electron chi connectivity index (χ0n) is 26.9. The van der Waals surface area contributed by atoms with Crippen molar-refractivity contribution in [1.29, 1.82) is 0 Å². The molecule has 1 aliphatic rings. The molecule has 10 rings (SSSR count). The summed E-state index contributed by atoms with van der Waals surface area (Å²) in [7, 11) is 0. The summed E-state index contributed by atoms with van der Waals surface area (Å²) in [4.78, 5) is 26.2. The van der Waals surface area contributed by atoms with Crippen molar-refractivity contribution in [2.75, 3.05) is 0 Å². The first kappa shape index (κ1) is 28.2. The third kappa shape index (κ3) is 4.54. The highest BCUT2D eigenvalue weighted by Gasteiger charge is 2.26. The Hall–Kier alpha value is -6.79. The van der Waals surface area contributed by atoms with Crippen LogP contribution in [-0.4, -0.2) is 29.5 Å². The Morgan fingerprint density at radius 1 is 0.420 bits per heavy atom. The van der Waals surface area contributed by atoms with Gasteiger partial charge < -0.3 is 0 Å². The zero-order chi connectivity index (χ0) is 33.0. The Balaban J connectivity index is 1.31. The molecule has 0 N–H and O–H groups in total. The molecule has 234 valence electrons. The number of nitrogens with zero attached hydrogens (tertiary/aromatic N) is 6. The predicted molar refractivity (Wildman–Crippen MR) is 200 cm³/mol. The molecule has 3 aromatic heterocycles. The van der Waals surface area contributed by atoms with E-state index in [0.717, 1.165) is 56.3 Å². The molecule has 0 aliphatic heterocycles. The van der Waals surface area contributed by atoms with Gasteiger partial charge in [-0.05, 0) is 34.7 Å². The summed E-state index contributed by atoms with van der Waals surface area (Å²) in [5.41, 5.74) is 11.4. The first-order chi connectivity index (χ1) is 24.8. The van der Waals surface area contributed by atoms with Gasteiger partial charge in [-0.1, -0.05) is 152 Å². The third-order valence-corrected chi connectivity index (χ3v) is 9.51. The number of hydrogen-bond donors (Lipinski definition) is 0. The van der Waals surface area contributed by atoms with Crippen LogP contribution in [-0.2, 0) is 6.42 Å². The number of rotatable bonds is 5. The molecule has 0 fully saturated rings. The molecule has 6 aromatic carbocycles. The summed E-state index contributed by atoms with van der Waals surface area (Å²) in [6, 6.07) is 54.0. The van der Waals surface area contributed by atoms with Crippen molar-refractivity contribution in [3.05, 3.63) is 169 Å². The molecule has 1 aliphatic carbocycles. The van der Waals surface area contributed by atoms with Gasteiger partial charge in [0.2, 0.25) is 5.95 Å². The maximum atomic E-state index is 5.31. The van der Waals surface area contributed by atoms with Crippen LogP contribution >= 0.6 is 0 Å². The molecule has 9 aromatic rings. The Morgan fingerprint density at radius 2 is 1.00 bits per heavy atom. The van der Waals surface area contributed by atoms with Gasteiger partial charge in [-0.15, -0.1) is 0 Å². The normalized spacial score (nSPS) is 11.9. The van der Waals surface area contributed by atoms with E-state index in [0.29, 0.717) is 23.4 Å². The van der Waals surface area contributed by atoms with Gasteiger partial charge in [-0.25, -0.2) is 15.0 Å². The van der Waals surface area contributed by atoms with E-state index >= 15 is 0 Å². The van der Waals surface area contributed by atoms with Crippen molar-refractivity contribution in [2.45, 2.75) is 6.42 Å². The Morgan fingerprint density at radius 3 is 1.76 bits per heavy atom. The summed E-state index contributed by atoms with van der Waals surface area (Å²) in [6.07, 6.45) is 0.886. The van der Waals surface area contributed by atoms with Crippen LogP contribution in [0.4, 0.5) is 0 Å². The number of benzene rings is 6. The van der Waals surface area contributed by atoms with Crippen molar-refractivity contribution in [3.8, 4) is 62.5 Å². The minimum atomic E-state index is 0.501. The van der Waals surface area contributed by atoms with E-state index in [-0.39, 0.29) is 0 Å². The predicted octanol–water partition coefficient (Wildman–Crippen LogP) is 10.00. The van der Waals surface area contributed by atoms with E-state index in [1.54, 1.807) is 0 Å². The van der Waals surface area contributed by atoms with Gasteiger partial charge in [0.05, 0.1) is 16.6 Å². The van der Waals surface area contributed by atoms with Crippen molar-refractivity contribution in [3.63, 3.8) is 0 Å². The molecular weight excluding hydrogens is 613 g/mol. The van der Waals surface area contributed by atoms with E-state index in [4.69, 9.17) is 24.9 Å². The van der Waals surface area contributed by atoms with Crippen LogP contribution < -0.4 is 0 Å². The second-order valence-electron chi connectivity index (χ2n) is 12.5. The maximum absolute atomic E-state index is 5.31. The second-order valence-corrected chi connectivity index (χ2v) is 12.5. The Labute approximate surface area is 288 Å². The smallest absolute Gasteiger partial charge is 0.240 e. The van der Waals surface area contributed by atoms with Crippen LogP contribution in [0.1, 0.15) is 11.1 Å². The lowest BCUT2D eigenvalue weighted by molar-refractivity contribution is 0.942. The largest absolute Gasteiger partial charge is 0.261 e. The van der Waals surface area contributed by atoms with Gasteiger partial charge in [0, 0.05) is 27.6 Å². The molecule has 0 atom stereocenters. The first-order valence-electron chi connectivity index (χ1n) is 16.7. The fourth-order valence-corrected chi connectivity index (χ4v) is 7.25. The summed E-state index contributed by atoms with van der Waals surface area (Å²) in [6.45, 7) is 0. The molecule has 6 nitrogen and oxygen atoms in total. The van der Waals surface area contributed by atoms with Crippen LogP contribution in [0, 0.1) is 0 Å². The summed E-state index contributed by atoms with van der Waals surface area (Å²) >= 11 is 0. The number of fused-ring (bicyclic) bond motifs is 6. The first-order valence-corrected chi connectivity index (χ1v) is 16.7. The fraction of sp³-hybridized carbons (Fsp3) is 0.0227. The van der Waals surface area contributed by atoms with Gasteiger partial charge in [-0.2, -0.15) is 9.97 Å². The van der Waals surface area contributed by atoms with Crippen LogP contribution in [0.2, 0.25) is 0 Å². The number of para-hydroxylation sites is 1. The van der Waals surface area contributed by atoms with E-state index in [9.17, 15) is 0 Å². The molecule has 0 spiro atoms. The van der Waals surface area contributed by atoms with Crippen LogP contribution in [0.25, 0.3) is 84.4 Å². The highest BCUT2D eigenvalue weighted by molar-refractivity contribution is 6.13. The molecular formula is C44H28N6. The Kier molecular flexibility index (Phi) is 6.45. The summed E-state index contributed by atoms with van der Waals surface area (Å²) < 4.78 is 2.08. The van der Waals surface area contributed by atoms with Crippen molar-refractivity contribution in [2.24, 2.45) is 0 Å². The minimum Gasteiger partial charge on any atom is -0.261 e. The average Bonchev–Trinajstić information content (AvgIpc) is 3.74. The maximum Gasteiger partial charge on any atom is 0.240 e. The van der Waals surface area contributed by atoms with Gasteiger partial charge in [0.25, 0.3) is 0 Å². The lowest BCUT2D eigenvalue weighted by atomic mass is 9.99. The lowest BCUT2D eigenvalue weighted by Gasteiger charge is -2.13. The van der Waals surface area contributed by atoms with E-state index in [1.807, 2.05) is 84.9 Å². The standard InChI is InChI=1S/C44H28N6/c1-4-15-28(16-5-1)39-38-34-24-12-13-26-36(34)50(43(38)47-40(45-39)29-17-6-2-7-18-29)44-48-41(30-19-8-3-9-20-30)46-42(49-44)35-25-14-22-32-27-31-21-10-11-23-33(31)37(32)35/h1-26H,27H2. The van der Waals surface area contributed by atoms with Crippen LogP contribution in [0.5, 0.6) is 0 Å². The van der Waals surface area contributed by atoms with E-state index in [1.165, 1.54) is 22.3 Å². The zero-order valence-corrected chi connectivity index (χ0v) is 26.9. The van der Waals surface area contributed by atoms with E-state index in [2.05, 4.69) is 77.4 Å². The molecule has 50 heavy (non-hydrogen) atoms. The minimum absolute atomic E-state index is 0.501. The molecule has 0 saturated heterocycles. The quantitative estimate of drug-likeness (QED) is 0.187. The van der Waals surface area contributed by atoms with Crippen molar-refractivity contribution in [1.82, 2.24) is 29.5 Å². The van der Waals surface area contributed by atoms with Crippen LogP contribution in [0.15, 0.2) is 158 Å². The van der Waals surface area contributed by atoms with Gasteiger partial charge in [0.15, 0.2) is 23.1 Å². The average molecular weight is 641 g/mol.